The zero-order valence-electron chi connectivity index (χ0n) is 15.1. The van der Waals surface area contributed by atoms with Gasteiger partial charge in [0.2, 0.25) is 5.75 Å². The topological polar surface area (TPSA) is 65.0 Å². The lowest BCUT2D eigenvalue weighted by Gasteiger charge is -2.27. The average molecular weight is 354 g/mol. The van der Waals surface area contributed by atoms with Crippen LogP contribution in [0.1, 0.15) is 42.3 Å². The molecule has 0 saturated carbocycles. The first-order valence-electron chi connectivity index (χ1n) is 8.46. The number of ether oxygens (including phenoxy) is 3. The predicted molar refractivity (Wildman–Crippen MR) is 98.3 cm³/mol. The van der Waals surface area contributed by atoms with E-state index in [9.17, 15) is 9.90 Å². The molecule has 3 rings (SSSR count). The predicted octanol–water partition coefficient (Wildman–Crippen LogP) is 4.45. The summed E-state index contributed by atoms with van der Waals surface area (Å²) >= 11 is 0. The van der Waals surface area contributed by atoms with E-state index in [0.717, 1.165) is 11.1 Å². The van der Waals surface area contributed by atoms with E-state index in [1.165, 1.54) is 7.11 Å². The Kier molecular flexibility index (Phi) is 5.16. The van der Waals surface area contributed by atoms with Gasteiger partial charge in [0.1, 0.15) is 24.0 Å². The largest absolute Gasteiger partial charge is 0.502 e. The van der Waals surface area contributed by atoms with Crippen LogP contribution in [0.25, 0.3) is 0 Å². The first kappa shape index (κ1) is 17.9. The second-order valence-electron chi connectivity index (χ2n) is 6.37. The van der Waals surface area contributed by atoms with Gasteiger partial charge in [0.05, 0.1) is 13.5 Å². The minimum Gasteiger partial charge on any atom is -0.502 e. The van der Waals surface area contributed by atoms with Crippen molar-refractivity contribution in [1.82, 2.24) is 0 Å². The van der Waals surface area contributed by atoms with Gasteiger partial charge in [0, 0.05) is 6.07 Å². The fraction of sp³-hybridized carbons (Fsp3) is 0.286. The smallest absolute Gasteiger partial charge is 0.201 e. The molecule has 136 valence electrons. The van der Waals surface area contributed by atoms with Crippen molar-refractivity contribution in [3.8, 4) is 23.0 Å². The summed E-state index contributed by atoms with van der Waals surface area (Å²) in [5.74, 6) is 0.342. The molecule has 1 unspecified atom stereocenters. The van der Waals surface area contributed by atoms with Crippen LogP contribution < -0.4 is 14.2 Å². The van der Waals surface area contributed by atoms with E-state index in [1.54, 1.807) is 6.07 Å². The molecule has 0 fully saturated rings. The maximum Gasteiger partial charge on any atom is 0.201 e. The van der Waals surface area contributed by atoms with Gasteiger partial charge in [-0.1, -0.05) is 35.9 Å². The number of aromatic hydroxyl groups is 1. The number of hydrogen-bond donors (Lipinski definition) is 1. The summed E-state index contributed by atoms with van der Waals surface area (Å²) in [4.78, 5) is 12.7. The number of Topliss-reactive ketones (excluding diaryl/α,β-unsaturated/α-hetero) is 1. The molecular weight excluding hydrogens is 332 g/mol. The van der Waals surface area contributed by atoms with Crippen LogP contribution >= 0.6 is 0 Å². The van der Waals surface area contributed by atoms with Gasteiger partial charge in [-0.05, 0) is 25.5 Å². The molecule has 0 bridgehead atoms. The number of hydrogen-bond acceptors (Lipinski definition) is 5. The van der Waals surface area contributed by atoms with E-state index in [0.29, 0.717) is 12.4 Å². The molecule has 2 aromatic carbocycles. The van der Waals surface area contributed by atoms with Gasteiger partial charge in [-0.15, -0.1) is 0 Å². The van der Waals surface area contributed by atoms with E-state index >= 15 is 0 Å². The average Bonchev–Trinajstić information content (AvgIpc) is 2.63. The summed E-state index contributed by atoms with van der Waals surface area (Å²) in [6.45, 7) is 4.22. The van der Waals surface area contributed by atoms with Gasteiger partial charge in [-0.3, -0.25) is 4.79 Å². The van der Waals surface area contributed by atoms with Crippen LogP contribution in [0, 0.1) is 0 Å². The highest BCUT2D eigenvalue weighted by Crippen LogP contribution is 2.48. The lowest BCUT2D eigenvalue weighted by Crippen LogP contribution is -2.21. The van der Waals surface area contributed by atoms with Crippen LogP contribution in [0.2, 0.25) is 0 Å². The van der Waals surface area contributed by atoms with Crippen LogP contribution in [-0.4, -0.2) is 24.6 Å². The van der Waals surface area contributed by atoms with Crippen LogP contribution in [0.4, 0.5) is 0 Å². The molecule has 0 saturated heterocycles. The van der Waals surface area contributed by atoms with E-state index in [4.69, 9.17) is 14.2 Å². The third-order valence-corrected chi connectivity index (χ3v) is 4.21. The molecule has 0 spiro atoms. The van der Waals surface area contributed by atoms with Crippen molar-refractivity contribution in [3.63, 3.8) is 0 Å². The van der Waals surface area contributed by atoms with Gasteiger partial charge >= 0.3 is 0 Å². The summed E-state index contributed by atoms with van der Waals surface area (Å²) in [6.07, 6.45) is 1.70. The first-order valence-corrected chi connectivity index (χ1v) is 8.46. The molecule has 1 heterocycles. The Morgan fingerprint density at radius 3 is 2.69 bits per heavy atom. The van der Waals surface area contributed by atoms with Crippen molar-refractivity contribution in [2.45, 2.75) is 26.4 Å². The van der Waals surface area contributed by atoms with Gasteiger partial charge in [-0.2, -0.15) is 0 Å². The monoisotopic (exact) mass is 354 g/mol. The number of carbonyl (C=O) groups is 1. The van der Waals surface area contributed by atoms with E-state index < -0.39 is 0 Å². The Labute approximate surface area is 152 Å². The third-order valence-electron chi connectivity index (χ3n) is 4.21. The van der Waals surface area contributed by atoms with E-state index in [1.807, 2.05) is 50.3 Å². The number of rotatable bonds is 5. The molecule has 0 amide bonds. The van der Waals surface area contributed by atoms with Crippen LogP contribution in [-0.2, 0) is 0 Å². The molecule has 1 N–H and O–H groups in total. The molecule has 0 aromatic heterocycles. The SMILES string of the molecule is COc1c(O)c(OCC=C(C)C)cc2c1C(=O)CC(c1ccccc1)O2. The minimum atomic E-state index is -0.379. The summed E-state index contributed by atoms with van der Waals surface area (Å²) in [6, 6.07) is 11.1. The Hall–Kier alpha value is -2.95. The van der Waals surface area contributed by atoms with Crippen molar-refractivity contribution in [1.29, 1.82) is 0 Å². The van der Waals surface area contributed by atoms with Crippen molar-refractivity contribution in [2.75, 3.05) is 13.7 Å². The molecule has 2 aromatic rings. The quantitative estimate of drug-likeness (QED) is 0.804. The number of carbonyl (C=O) groups excluding carboxylic acids is 1. The highest BCUT2D eigenvalue weighted by atomic mass is 16.5. The van der Waals surface area contributed by atoms with Crippen LogP contribution in [0.5, 0.6) is 23.0 Å². The molecule has 5 heteroatoms. The van der Waals surface area contributed by atoms with Crippen LogP contribution in [0.3, 0.4) is 0 Å². The highest BCUT2D eigenvalue weighted by Gasteiger charge is 2.33. The Morgan fingerprint density at radius 2 is 2.04 bits per heavy atom. The zero-order chi connectivity index (χ0) is 18.7. The normalized spacial score (nSPS) is 15.7. The van der Waals surface area contributed by atoms with E-state index in [-0.39, 0.29) is 41.1 Å². The number of allylic oxidation sites excluding steroid dienone is 1. The molecule has 1 aliphatic rings. The Bertz CT molecular complexity index is 835. The second-order valence-corrected chi connectivity index (χ2v) is 6.37. The number of ketones is 1. The summed E-state index contributed by atoms with van der Waals surface area (Å²) < 4.78 is 17.0. The summed E-state index contributed by atoms with van der Waals surface area (Å²) in [7, 11) is 1.41. The molecule has 0 aliphatic carbocycles. The fourth-order valence-electron chi connectivity index (χ4n) is 2.88. The molecule has 5 nitrogen and oxygen atoms in total. The molecule has 0 radical (unpaired) electrons. The zero-order valence-corrected chi connectivity index (χ0v) is 15.1. The Morgan fingerprint density at radius 1 is 1.31 bits per heavy atom. The number of benzene rings is 2. The lowest BCUT2D eigenvalue weighted by atomic mass is 9.95. The molecular formula is C21H22O5. The third kappa shape index (κ3) is 3.52. The van der Waals surface area contributed by atoms with E-state index in [2.05, 4.69) is 0 Å². The van der Waals surface area contributed by atoms with Gasteiger partial charge in [-0.25, -0.2) is 0 Å². The minimum absolute atomic E-state index is 0.0891. The number of phenols is 1. The number of phenolic OH excluding ortho intramolecular Hbond substituents is 1. The second kappa shape index (κ2) is 7.52. The van der Waals surface area contributed by atoms with Crippen molar-refractivity contribution in [3.05, 3.63) is 59.2 Å². The van der Waals surface area contributed by atoms with Gasteiger partial charge in [0.15, 0.2) is 17.3 Å². The van der Waals surface area contributed by atoms with Crippen molar-refractivity contribution >= 4 is 5.78 Å². The number of methoxy groups -OCH3 is 1. The highest BCUT2D eigenvalue weighted by molar-refractivity contribution is 6.03. The van der Waals surface area contributed by atoms with Gasteiger partial charge in [0.25, 0.3) is 0 Å². The maximum absolute atomic E-state index is 12.7. The number of fused-ring (bicyclic) bond motifs is 1. The lowest BCUT2D eigenvalue weighted by molar-refractivity contribution is 0.0842. The molecule has 1 atom stereocenters. The Balaban J connectivity index is 1.98. The van der Waals surface area contributed by atoms with Gasteiger partial charge < -0.3 is 19.3 Å². The fourth-order valence-corrected chi connectivity index (χ4v) is 2.88. The standard InChI is InChI=1S/C21H22O5/c1-13(2)9-10-25-18-12-17-19(21(24-3)20(18)23)15(22)11-16(26-17)14-7-5-4-6-8-14/h4-9,12,16,23H,10-11H2,1-3H3. The maximum atomic E-state index is 12.7. The molecule has 26 heavy (non-hydrogen) atoms. The van der Waals surface area contributed by atoms with Crippen molar-refractivity contribution in [2.24, 2.45) is 0 Å². The summed E-state index contributed by atoms with van der Waals surface area (Å²) in [5, 5.41) is 10.4. The van der Waals surface area contributed by atoms with Crippen LogP contribution in [0.15, 0.2) is 48.0 Å². The van der Waals surface area contributed by atoms with Crippen molar-refractivity contribution < 1.29 is 24.1 Å². The molecule has 1 aliphatic heterocycles. The first-order chi connectivity index (χ1) is 12.5. The summed E-state index contributed by atoms with van der Waals surface area (Å²) in [5.41, 5.74) is 2.28.